The van der Waals surface area contributed by atoms with Crippen molar-refractivity contribution in [2.45, 2.75) is 24.5 Å². The molecule has 5 nitrogen and oxygen atoms in total. The van der Waals surface area contributed by atoms with Crippen molar-refractivity contribution in [3.63, 3.8) is 0 Å². The highest BCUT2D eigenvalue weighted by atomic mass is 32.2. The summed E-state index contributed by atoms with van der Waals surface area (Å²) in [6, 6.07) is 24.4. The number of amides is 1. The van der Waals surface area contributed by atoms with Crippen LogP contribution in [-0.2, 0) is 4.79 Å². The quantitative estimate of drug-likeness (QED) is 0.321. The van der Waals surface area contributed by atoms with Crippen LogP contribution in [0.4, 0.5) is 0 Å². The molecule has 1 unspecified atom stereocenters. The van der Waals surface area contributed by atoms with Crippen molar-refractivity contribution in [1.29, 1.82) is 0 Å². The zero-order chi connectivity index (χ0) is 21.9. The van der Waals surface area contributed by atoms with Crippen molar-refractivity contribution in [2.75, 3.05) is 5.75 Å². The molecule has 32 heavy (non-hydrogen) atoms. The van der Waals surface area contributed by atoms with Gasteiger partial charge in [0, 0.05) is 22.4 Å². The van der Waals surface area contributed by atoms with E-state index in [1.54, 1.807) is 23.1 Å². The first-order valence-corrected chi connectivity index (χ1v) is 12.3. The number of hydrogen-bond donors (Lipinski definition) is 1. The molecule has 0 aliphatic carbocycles. The smallest absolute Gasteiger partial charge is 0.221 e. The first-order valence-electron chi connectivity index (χ1n) is 10.4. The molecule has 160 valence electrons. The first-order chi connectivity index (χ1) is 15.7. The van der Waals surface area contributed by atoms with Crippen LogP contribution in [-0.4, -0.2) is 26.3 Å². The summed E-state index contributed by atoms with van der Waals surface area (Å²) in [5.74, 6) is 0.648. The Balaban J connectivity index is 1.30. The summed E-state index contributed by atoms with van der Waals surface area (Å²) in [4.78, 5) is 13.9. The van der Waals surface area contributed by atoms with Crippen molar-refractivity contribution in [1.82, 2.24) is 19.9 Å². The summed E-state index contributed by atoms with van der Waals surface area (Å²) in [6.45, 7) is 2.09. The van der Waals surface area contributed by atoms with E-state index in [-0.39, 0.29) is 11.9 Å². The Bertz CT molecular complexity index is 1360. The zero-order valence-electron chi connectivity index (χ0n) is 17.6. The number of nitrogens with one attached hydrogen (secondary N) is 1. The molecule has 0 saturated carbocycles. The number of aromatic nitrogens is 3. The number of benzene rings is 2. The molecule has 0 bridgehead atoms. The van der Waals surface area contributed by atoms with Gasteiger partial charge in [0.25, 0.3) is 0 Å². The molecule has 1 atom stereocenters. The number of thiophene rings is 1. The number of thioether (sulfide) groups is 1. The van der Waals surface area contributed by atoms with Gasteiger partial charge in [-0.3, -0.25) is 9.20 Å². The molecule has 0 spiro atoms. The molecule has 0 saturated heterocycles. The minimum atomic E-state index is -0.130. The van der Waals surface area contributed by atoms with Gasteiger partial charge in [-0.1, -0.05) is 66.4 Å². The van der Waals surface area contributed by atoms with Crippen LogP contribution in [0.2, 0.25) is 0 Å². The monoisotopic (exact) mass is 458 g/mol. The predicted molar refractivity (Wildman–Crippen MR) is 131 cm³/mol. The van der Waals surface area contributed by atoms with Crippen LogP contribution in [0, 0.1) is 6.92 Å². The zero-order valence-corrected chi connectivity index (χ0v) is 19.2. The topological polar surface area (TPSA) is 59.3 Å². The molecule has 2 aromatic carbocycles. The van der Waals surface area contributed by atoms with Gasteiger partial charge < -0.3 is 5.32 Å². The van der Waals surface area contributed by atoms with Crippen LogP contribution >= 0.6 is 23.1 Å². The van der Waals surface area contributed by atoms with Gasteiger partial charge in [0.2, 0.25) is 5.91 Å². The maximum absolute atomic E-state index is 12.8. The number of fused-ring (bicyclic) bond motifs is 3. The third-order valence-electron chi connectivity index (χ3n) is 5.40. The highest BCUT2D eigenvalue weighted by molar-refractivity contribution is 7.99. The van der Waals surface area contributed by atoms with Crippen molar-refractivity contribution in [3.8, 4) is 0 Å². The van der Waals surface area contributed by atoms with Crippen molar-refractivity contribution in [3.05, 3.63) is 94.2 Å². The van der Waals surface area contributed by atoms with Gasteiger partial charge in [-0.25, -0.2) is 0 Å². The van der Waals surface area contributed by atoms with E-state index in [9.17, 15) is 4.79 Å². The average molecular weight is 459 g/mol. The molecule has 0 aliphatic heterocycles. The summed E-state index contributed by atoms with van der Waals surface area (Å²) in [5, 5.41) is 16.0. The fourth-order valence-electron chi connectivity index (χ4n) is 3.86. The molecule has 3 aromatic heterocycles. The van der Waals surface area contributed by atoms with Crippen LogP contribution in [0.3, 0.4) is 0 Å². The predicted octanol–water partition coefficient (Wildman–Crippen LogP) is 5.64. The Morgan fingerprint density at radius 2 is 1.88 bits per heavy atom. The van der Waals surface area contributed by atoms with Gasteiger partial charge in [-0.2, -0.15) is 0 Å². The largest absolute Gasteiger partial charge is 0.344 e. The highest BCUT2D eigenvalue weighted by Gasteiger charge is 2.18. The Labute approximate surface area is 194 Å². The van der Waals surface area contributed by atoms with Gasteiger partial charge in [0.15, 0.2) is 10.8 Å². The Kier molecular flexibility index (Phi) is 5.92. The summed E-state index contributed by atoms with van der Waals surface area (Å²) < 4.78 is 2.07. The number of rotatable bonds is 7. The number of carbonyl (C=O) groups excluding carboxylic acids is 1. The van der Waals surface area contributed by atoms with E-state index < -0.39 is 0 Å². The van der Waals surface area contributed by atoms with E-state index in [1.165, 1.54) is 10.9 Å². The molecular formula is C25H22N4OS2. The third kappa shape index (κ3) is 4.13. The second-order valence-electron chi connectivity index (χ2n) is 7.55. The maximum atomic E-state index is 12.8. The van der Waals surface area contributed by atoms with Crippen LogP contribution in [0.15, 0.2) is 83.3 Å². The second kappa shape index (κ2) is 9.14. The van der Waals surface area contributed by atoms with E-state index >= 15 is 0 Å². The van der Waals surface area contributed by atoms with Gasteiger partial charge in [0.05, 0.1) is 11.6 Å². The number of para-hydroxylation sites is 1. The van der Waals surface area contributed by atoms with Crippen LogP contribution in [0.5, 0.6) is 0 Å². The number of hydrogen-bond acceptors (Lipinski definition) is 5. The number of pyridine rings is 1. The lowest BCUT2D eigenvalue weighted by atomic mass is 10.1. The van der Waals surface area contributed by atoms with Gasteiger partial charge in [0.1, 0.15) is 0 Å². The van der Waals surface area contributed by atoms with Crippen molar-refractivity contribution in [2.24, 2.45) is 0 Å². The summed E-state index contributed by atoms with van der Waals surface area (Å²) in [7, 11) is 0. The molecule has 1 N–H and O–H groups in total. The van der Waals surface area contributed by atoms with E-state index in [4.69, 9.17) is 0 Å². The van der Waals surface area contributed by atoms with Gasteiger partial charge in [-0.15, -0.1) is 21.5 Å². The summed E-state index contributed by atoms with van der Waals surface area (Å²) >= 11 is 3.21. The summed E-state index contributed by atoms with van der Waals surface area (Å²) in [5.41, 5.74) is 4.18. The lowest BCUT2D eigenvalue weighted by Crippen LogP contribution is -2.29. The molecule has 1 amide bonds. The highest BCUT2D eigenvalue weighted by Crippen LogP contribution is 2.28. The molecule has 5 aromatic rings. The van der Waals surface area contributed by atoms with Gasteiger partial charge in [-0.05, 0) is 41.6 Å². The average Bonchev–Trinajstić information content (AvgIpc) is 3.49. The molecular weight excluding hydrogens is 436 g/mol. The van der Waals surface area contributed by atoms with Crippen molar-refractivity contribution < 1.29 is 4.79 Å². The Morgan fingerprint density at radius 3 is 2.69 bits per heavy atom. The number of carbonyl (C=O) groups is 1. The van der Waals surface area contributed by atoms with E-state index in [2.05, 4.69) is 63.2 Å². The maximum Gasteiger partial charge on any atom is 0.221 e. The third-order valence-corrected chi connectivity index (χ3v) is 7.27. The molecule has 5 rings (SSSR count). The SMILES string of the molecule is Cc1cc2nnc(SCCC(=O)NC(c3ccccc3)c3cccs3)n2c2ccccc12. The molecule has 0 radical (unpaired) electrons. The van der Waals surface area contributed by atoms with E-state index in [0.717, 1.165) is 26.8 Å². The fourth-order valence-corrected chi connectivity index (χ4v) is 5.55. The van der Waals surface area contributed by atoms with Crippen LogP contribution in [0.1, 0.15) is 28.5 Å². The first kappa shape index (κ1) is 20.7. The lowest BCUT2D eigenvalue weighted by Gasteiger charge is -2.18. The summed E-state index contributed by atoms with van der Waals surface area (Å²) in [6.07, 6.45) is 0.401. The Hall–Kier alpha value is -3.16. The lowest BCUT2D eigenvalue weighted by molar-refractivity contribution is -0.121. The molecule has 7 heteroatoms. The number of nitrogens with zero attached hydrogens (tertiary/aromatic N) is 3. The Morgan fingerprint density at radius 1 is 1.06 bits per heavy atom. The minimum absolute atomic E-state index is 0.0225. The standard InChI is InChI=1S/C25H22N4OS2/c1-17-16-22-27-28-25(29(22)20-11-6-5-10-19(17)20)32-15-13-23(30)26-24(21-12-7-14-31-21)18-8-3-2-4-9-18/h2-12,14,16,24H,13,15H2,1H3,(H,26,30). The fraction of sp³-hybridized carbons (Fsp3) is 0.160. The van der Waals surface area contributed by atoms with Crippen LogP contribution < -0.4 is 5.32 Å². The minimum Gasteiger partial charge on any atom is -0.344 e. The van der Waals surface area contributed by atoms with E-state index in [0.29, 0.717) is 12.2 Å². The normalized spacial score (nSPS) is 12.3. The van der Waals surface area contributed by atoms with Crippen molar-refractivity contribution >= 4 is 45.6 Å². The molecule has 0 aliphatic rings. The molecule has 0 fully saturated rings. The van der Waals surface area contributed by atoms with E-state index in [1.807, 2.05) is 41.8 Å². The number of aryl methyl sites for hydroxylation is 1. The van der Waals surface area contributed by atoms with Gasteiger partial charge >= 0.3 is 0 Å². The second-order valence-corrected chi connectivity index (χ2v) is 9.59. The molecule has 3 heterocycles. The van der Waals surface area contributed by atoms with Crippen LogP contribution in [0.25, 0.3) is 16.6 Å².